The van der Waals surface area contributed by atoms with E-state index in [4.69, 9.17) is 27.9 Å². The van der Waals surface area contributed by atoms with E-state index in [9.17, 15) is 4.39 Å². The third kappa shape index (κ3) is 2.70. The van der Waals surface area contributed by atoms with Gasteiger partial charge in [-0.3, -0.25) is 0 Å². The Morgan fingerprint density at radius 3 is 2.75 bits per heavy atom. The van der Waals surface area contributed by atoms with Crippen LogP contribution in [-0.2, 0) is 0 Å². The SMILES string of the molecule is Fc1ccc(Oc2cc3nc(-n4cccn4)[nH]c3cc2Cl)cc1Cl. The Labute approximate surface area is 145 Å². The van der Waals surface area contributed by atoms with E-state index < -0.39 is 5.82 Å². The van der Waals surface area contributed by atoms with E-state index in [0.29, 0.717) is 28.0 Å². The number of halogens is 3. The summed E-state index contributed by atoms with van der Waals surface area (Å²) in [5.41, 5.74) is 1.41. The van der Waals surface area contributed by atoms with Crippen molar-refractivity contribution in [3.8, 4) is 17.4 Å². The zero-order valence-electron chi connectivity index (χ0n) is 12.0. The minimum atomic E-state index is -0.512. The molecule has 0 aliphatic rings. The van der Waals surface area contributed by atoms with Crippen LogP contribution in [0.15, 0.2) is 48.8 Å². The number of imidazole rings is 1. The summed E-state index contributed by atoms with van der Waals surface area (Å²) in [4.78, 5) is 7.58. The van der Waals surface area contributed by atoms with Crippen LogP contribution < -0.4 is 4.74 Å². The van der Waals surface area contributed by atoms with Gasteiger partial charge in [0.15, 0.2) is 0 Å². The number of nitrogens with one attached hydrogen (secondary N) is 1. The summed E-state index contributed by atoms with van der Waals surface area (Å²) in [6, 6.07) is 9.29. The molecule has 4 aromatic rings. The van der Waals surface area contributed by atoms with Gasteiger partial charge in [0.1, 0.15) is 17.3 Å². The quantitative estimate of drug-likeness (QED) is 0.558. The molecule has 0 aliphatic heterocycles. The molecule has 0 unspecified atom stereocenters. The fourth-order valence-electron chi connectivity index (χ4n) is 2.25. The number of H-pyrrole nitrogens is 1. The van der Waals surface area contributed by atoms with E-state index in [1.165, 1.54) is 18.2 Å². The van der Waals surface area contributed by atoms with Crippen molar-refractivity contribution in [3.05, 3.63) is 64.7 Å². The first-order chi connectivity index (χ1) is 11.6. The molecule has 2 aromatic carbocycles. The molecule has 5 nitrogen and oxygen atoms in total. The fraction of sp³-hybridized carbons (Fsp3) is 0. The van der Waals surface area contributed by atoms with Gasteiger partial charge in [-0.15, -0.1) is 0 Å². The maximum atomic E-state index is 13.2. The number of hydrogen-bond donors (Lipinski definition) is 1. The number of nitrogens with zero attached hydrogens (tertiary/aromatic N) is 3. The molecule has 0 saturated heterocycles. The lowest BCUT2D eigenvalue weighted by atomic mass is 10.3. The van der Waals surface area contributed by atoms with Gasteiger partial charge in [0.05, 0.1) is 21.1 Å². The van der Waals surface area contributed by atoms with Crippen molar-refractivity contribution in [2.45, 2.75) is 0 Å². The van der Waals surface area contributed by atoms with Crippen molar-refractivity contribution < 1.29 is 9.13 Å². The minimum absolute atomic E-state index is 0.0227. The summed E-state index contributed by atoms with van der Waals surface area (Å²) in [7, 11) is 0. The summed E-state index contributed by atoms with van der Waals surface area (Å²) in [6.45, 7) is 0. The number of ether oxygens (including phenoxy) is 1. The second-order valence-corrected chi connectivity index (χ2v) is 5.80. The highest BCUT2D eigenvalue weighted by Crippen LogP contribution is 2.34. The molecular weight excluding hydrogens is 354 g/mol. The van der Waals surface area contributed by atoms with Crippen molar-refractivity contribution in [1.82, 2.24) is 19.7 Å². The summed E-state index contributed by atoms with van der Waals surface area (Å²) in [5.74, 6) is 0.825. The van der Waals surface area contributed by atoms with E-state index in [1.807, 2.05) is 0 Å². The number of benzene rings is 2. The Kier molecular flexibility index (Phi) is 3.63. The molecule has 0 atom stereocenters. The fourth-order valence-corrected chi connectivity index (χ4v) is 2.62. The minimum Gasteiger partial charge on any atom is -0.456 e. The second-order valence-electron chi connectivity index (χ2n) is 4.99. The number of aromatic nitrogens is 4. The highest BCUT2D eigenvalue weighted by Gasteiger charge is 2.11. The number of aromatic amines is 1. The maximum Gasteiger partial charge on any atom is 0.229 e. The Hall–Kier alpha value is -2.57. The molecule has 0 saturated carbocycles. The predicted octanol–water partition coefficient (Wildman–Crippen LogP) is 4.99. The first kappa shape index (κ1) is 15.0. The molecule has 0 fully saturated rings. The third-order valence-corrected chi connectivity index (χ3v) is 3.95. The molecule has 0 bridgehead atoms. The average Bonchev–Trinajstić information content (AvgIpc) is 3.20. The lowest BCUT2D eigenvalue weighted by molar-refractivity contribution is 0.481. The van der Waals surface area contributed by atoms with Crippen LogP contribution in [0.3, 0.4) is 0 Å². The molecule has 8 heteroatoms. The average molecular weight is 363 g/mol. The van der Waals surface area contributed by atoms with Crippen molar-refractivity contribution in [2.75, 3.05) is 0 Å². The van der Waals surface area contributed by atoms with Gasteiger partial charge in [-0.25, -0.2) is 14.1 Å². The van der Waals surface area contributed by atoms with Gasteiger partial charge in [0, 0.05) is 24.5 Å². The van der Waals surface area contributed by atoms with Crippen molar-refractivity contribution in [1.29, 1.82) is 0 Å². The van der Waals surface area contributed by atoms with Crippen LogP contribution in [0.2, 0.25) is 10.0 Å². The Morgan fingerprint density at radius 1 is 1.12 bits per heavy atom. The largest absolute Gasteiger partial charge is 0.456 e. The number of hydrogen-bond acceptors (Lipinski definition) is 3. The zero-order valence-corrected chi connectivity index (χ0v) is 13.5. The lowest BCUT2D eigenvalue weighted by Crippen LogP contribution is -1.95. The first-order valence-electron chi connectivity index (χ1n) is 6.92. The van der Waals surface area contributed by atoms with Gasteiger partial charge >= 0.3 is 0 Å². The number of fused-ring (bicyclic) bond motifs is 1. The van der Waals surface area contributed by atoms with Crippen LogP contribution >= 0.6 is 23.2 Å². The van der Waals surface area contributed by atoms with E-state index in [-0.39, 0.29) is 5.02 Å². The van der Waals surface area contributed by atoms with Crippen LogP contribution in [0.5, 0.6) is 11.5 Å². The lowest BCUT2D eigenvalue weighted by Gasteiger charge is -2.08. The molecule has 4 rings (SSSR count). The van der Waals surface area contributed by atoms with Crippen LogP contribution in [0.1, 0.15) is 0 Å². The van der Waals surface area contributed by atoms with Gasteiger partial charge in [-0.2, -0.15) is 5.10 Å². The molecule has 0 spiro atoms. The molecule has 1 N–H and O–H groups in total. The topological polar surface area (TPSA) is 55.7 Å². The van der Waals surface area contributed by atoms with Crippen LogP contribution in [0, 0.1) is 5.82 Å². The normalized spacial score (nSPS) is 11.1. The number of rotatable bonds is 3. The molecule has 120 valence electrons. The Morgan fingerprint density at radius 2 is 2.00 bits per heavy atom. The molecular formula is C16H9Cl2FN4O. The van der Waals surface area contributed by atoms with Gasteiger partial charge < -0.3 is 9.72 Å². The van der Waals surface area contributed by atoms with E-state index >= 15 is 0 Å². The molecule has 0 radical (unpaired) electrons. The van der Waals surface area contributed by atoms with Gasteiger partial charge in [-0.1, -0.05) is 23.2 Å². The van der Waals surface area contributed by atoms with Crippen LogP contribution in [0.25, 0.3) is 17.0 Å². The summed E-state index contributed by atoms with van der Waals surface area (Å²) in [5, 5.41) is 4.49. The first-order valence-corrected chi connectivity index (χ1v) is 7.68. The highest BCUT2D eigenvalue weighted by atomic mass is 35.5. The standard InChI is InChI=1S/C16H9Cl2FN4O/c17-10-6-9(2-3-12(10)19)24-15-8-14-13(7-11(15)18)21-16(22-14)23-5-1-4-20-23/h1-8H,(H,21,22). The Bertz CT molecular complexity index is 1030. The van der Waals surface area contributed by atoms with Gasteiger partial charge in [0.25, 0.3) is 0 Å². The van der Waals surface area contributed by atoms with Gasteiger partial charge in [-0.05, 0) is 24.3 Å². The molecule has 0 amide bonds. The summed E-state index contributed by atoms with van der Waals surface area (Å²) < 4.78 is 20.5. The van der Waals surface area contributed by atoms with E-state index in [1.54, 1.807) is 35.3 Å². The second kappa shape index (κ2) is 5.81. The monoisotopic (exact) mass is 362 g/mol. The van der Waals surface area contributed by atoms with E-state index in [2.05, 4.69) is 15.1 Å². The van der Waals surface area contributed by atoms with Crippen molar-refractivity contribution >= 4 is 34.2 Å². The van der Waals surface area contributed by atoms with Crippen molar-refractivity contribution in [3.63, 3.8) is 0 Å². The maximum absolute atomic E-state index is 13.2. The summed E-state index contributed by atoms with van der Waals surface area (Å²) >= 11 is 12.0. The van der Waals surface area contributed by atoms with Crippen molar-refractivity contribution in [2.24, 2.45) is 0 Å². The zero-order chi connectivity index (χ0) is 16.7. The molecule has 24 heavy (non-hydrogen) atoms. The highest BCUT2D eigenvalue weighted by molar-refractivity contribution is 6.32. The van der Waals surface area contributed by atoms with Crippen LogP contribution in [0.4, 0.5) is 4.39 Å². The smallest absolute Gasteiger partial charge is 0.229 e. The van der Waals surface area contributed by atoms with E-state index in [0.717, 1.165) is 5.52 Å². The molecule has 2 heterocycles. The molecule has 0 aliphatic carbocycles. The van der Waals surface area contributed by atoms with Crippen LogP contribution in [-0.4, -0.2) is 19.7 Å². The Balaban J connectivity index is 1.73. The molecule has 2 aromatic heterocycles. The third-order valence-electron chi connectivity index (χ3n) is 3.36. The predicted molar refractivity (Wildman–Crippen MR) is 89.7 cm³/mol. The summed E-state index contributed by atoms with van der Waals surface area (Å²) in [6.07, 6.45) is 3.43. The van der Waals surface area contributed by atoms with Gasteiger partial charge in [0.2, 0.25) is 5.95 Å².